The molecule has 1 aromatic heterocycles. The number of amides is 1. The van der Waals surface area contributed by atoms with Gasteiger partial charge in [0.15, 0.2) is 0 Å². The van der Waals surface area contributed by atoms with E-state index in [9.17, 15) is 18.0 Å². The van der Waals surface area contributed by atoms with E-state index in [2.05, 4.69) is 10.3 Å². The number of benzene rings is 1. The summed E-state index contributed by atoms with van der Waals surface area (Å²) in [6, 6.07) is 11.6. The van der Waals surface area contributed by atoms with E-state index in [4.69, 9.17) is 5.84 Å². The Morgan fingerprint density at radius 3 is 2.44 bits per heavy atom. The maximum absolute atomic E-state index is 12.6. The third kappa shape index (κ3) is 7.44. The second-order valence-corrected chi connectivity index (χ2v) is 5.83. The topological polar surface area (TPSA) is 71.2 Å². The lowest BCUT2D eigenvalue weighted by Crippen LogP contribution is -2.23. The highest BCUT2D eigenvalue weighted by molar-refractivity contribution is 7.98. The van der Waals surface area contributed by atoms with Crippen LogP contribution in [0.3, 0.4) is 0 Å². The molecule has 0 saturated heterocycles. The Bertz CT molecular complexity index is 680. The molecule has 0 atom stereocenters. The van der Waals surface area contributed by atoms with E-state index in [1.165, 1.54) is 24.9 Å². The number of carbonyl (C=O) groups is 1. The van der Waals surface area contributed by atoms with Gasteiger partial charge in [-0.15, -0.1) is 11.8 Å². The number of hydrogen-bond donors (Lipinski definition) is 2. The van der Waals surface area contributed by atoms with Crippen molar-refractivity contribution in [3.8, 4) is 0 Å². The summed E-state index contributed by atoms with van der Waals surface area (Å²) in [5.41, 5.74) is 0.512. The summed E-state index contributed by atoms with van der Waals surface area (Å²) in [4.78, 5) is 13.9. The smallest absolute Gasteiger partial charge is 0.387 e. The van der Waals surface area contributed by atoms with E-state index < -0.39 is 11.9 Å². The molecule has 0 aliphatic carbocycles. The standard InChI is InChI=1S/C14H13F3N2S.C2H6N2O/c1-18-11-6-2-3-7-12(11)20-9-10-5-4-8-13(19-10)14(15,16)17;1-4(3)2-5/h2-8,18H,9H2,1H3;2H,3H2,1H3. The van der Waals surface area contributed by atoms with Crippen LogP contribution in [0.25, 0.3) is 0 Å². The largest absolute Gasteiger partial charge is 0.433 e. The number of rotatable bonds is 5. The first-order chi connectivity index (χ1) is 11.8. The first kappa shape index (κ1) is 20.8. The van der Waals surface area contributed by atoms with Gasteiger partial charge in [-0.25, -0.2) is 10.8 Å². The van der Waals surface area contributed by atoms with Gasteiger partial charge in [0.05, 0.1) is 5.69 Å². The van der Waals surface area contributed by atoms with Crippen molar-refractivity contribution in [3.05, 3.63) is 53.9 Å². The number of hydrogen-bond acceptors (Lipinski definition) is 5. The Balaban J connectivity index is 0.000000550. The molecule has 0 aliphatic heterocycles. The molecule has 2 aromatic rings. The maximum Gasteiger partial charge on any atom is 0.433 e. The van der Waals surface area contributed by atoms with E-state index >= 15 is 0 Å². The molecule has 0 bridgehead atoms. The zero-order chi connectivity index (χ0) is 18.9. The zero-order valence-electron chi connectivity index (χ0n) is 13.7. The highest BCUT2D eigenvalue weighted by Gasteiger charge is 2.32. The van der Waals surface area contributed by atoms with Crippen LogP contribution in [0, 0.1) is 0 Å². The summed E-state index contributed by atoms with van der Waals surface area (Å²) in [6.07, 6.45) is -3.87. The van der Waals surface area contributed by atoms with Crippen molar-refractivity contribution in [2.45, 2.75) is 16.8 Å². The quantitative estimate of drug-likeness (QED) is 0.277. The van der Waals surface area contributed by atoms with Crippen LogP contribution in [0.1, 0.15) is 11.4 Å². The van der Waals surface area contributed by atoms with Crippen molar-refractivity contribution in [1.29, 1.82) is 0 Å². The number of aromatic nitrogens is 1. The van der Waals surface area contributed by atoms with Gasteiger partial charge in [-0.3, -0.25) is 9.80 Å². The third-order valence-electron chi connectivity index (χ3n) is 2.80. The molecule has 5 nitrogen and oxygen atoms in total. The number of nitrogens with zero attached hydrogens (tertiary/aromatic N) is 2. The van der Waals surface area contributed by atoms with E-state index in [-0.39, 0.29) is 0 Å². The molecule has 0 spiro atoms. The van der Waals surface area contributed by atoms with Gasteiger partial charge >= 0.3 is 6.18 Å². The molecule has 0 fully saturated rings. The molecule has 3 N–H and O–H groups in total. The fourth-order valence-corrected chi connectivity index (χ4v) is 2.63. The summed E-state index contributed by atoms with van der Waals surface area (Å²) in [5.74, 6) is 5.15. The molecule has 1 amide bonds. The number of anilines is 1. The van der Waals surface area contributed by atoms with Crippen LogP contribution >= 0.6 is 11.8 Å². The Kier molecular flexibility index (Phi) is 8.23. The predicted molar refractivity (Wildman–Crippen MR) is 92.8 cm³/mol. The molecule has 2 rings (SSSR count). The lowest BCUT2D eigenvalue weighted by atomic mass is 10.3. The Morgan fingerprint density at radius 1 is 1.24 bits per heavy atom. The van der Waals surface area contributed by atoms with Crippen LogP contribution in [0.15, 0.2) is 47.4 Å². The number of carbonyl (C=O) groups excluding carboxylic acids is 1. The lowest BCUT2D eigenvalue weighted by molar-refractivity contribution is -0.141. The minimum Gasteiger partial charge on any atom is -0.387 e. The van der Waals surface area contributed by atoms with Crippen LogP contribution in [0.4, 0.5) is 18.9 Å². The van der Waals surface area contributed by atoms with Gasteiger partial charge in [0, 0.05) is 30.4 Å². The number of halogens is 3. The second-order valence-electron chi connectivity index (χ2n) is 4.82. The van der Waals surface area contributed by atoms with Crippen molar-refractivity contribution in [2.24, 2.45) is 5.84 Å². The first-order valence-corrected chi connectivity index (χ1v) is 8.12. The number of alkyl halides is 3. The van der Waals surface area contributed by atoms with Crippen molar-refractivity contribution >= 4 is 23.9 Å². The number of para-hydroxylation sites is 1. The van der Waals surface area contributed by atoms with Gasteiger partial charge in [-0.1, -0.05) is 18.2 Å². The fourth-order valence-electron chi connectivity index (χ4n) is 1.67. The SMILES string of the molecule is CN(N)C=O.CNc1ccccc1SCc1cccc(C(F)(F)F)n1. The van der Waals surface area contributed by atoms with Gasteiger partial charge in [-0.05, 0) is 24.3 Å². The Labute approximate surface area is 148 Å². The summed E-state index contributed by atoms with van der Waals surface area (Å²) < 4.78 is 37.7. The van der Waals surface area contributed by atoms with Crippen molar-refractivity contribution in [3.63, 3.8) is 0 Å². The van der Waals surface area contributed by atoms with Gasteiger partial charge in [0.25, 0.3) is 0 Å². The highest BCUT2D eigenvalue weighted by atomic mass is 32.2. The van der Waals surface area contributed by atoms with Gasteiger partial charge in [0.2, 0.25) is 6.41 Å². The Hall–Kier alpha value is -2.26. The third-order valence-corrected chi connectivity index (χ3v) is 3.90. The van der Waals surface area contributed by atoms with Crippen LogP contribution in [-0.2, 0) is 16.7 Å². The van der Waals surface area contributed by atoms with Gasteiger partial charge in [0.1, 0.15) is 5.69 Å². The average Bonchev–Trinajstić information content (AvgIpc) is 2.60. The molecule has 25 heavy (non-hydrogen) atoms. The van der Waals surface area contributed by atoms with Crippen molar-refractivity contribution in [2.75, 3.05) is 19.4 Å². The van der Waals surface area contributed by atoms with Crippen LogP contribution in [-0.4, -0.2) is 30.5 Å². The molecule has 136 valence electrons. The fraction of sp³-hybridized carbons (Fsp3) is 0.250. The molecule has 0 radical (unpaired) electrons. The highest BCUT2D eigenvalue weighted by Crippen LogP contribution is 2.31. The molecular weight excluding hydrogens is 353 g/mol. The van der Waals surface area contributed by atoms with Crippen molar-refractivity contribution < 1.29 is 18.0 Å². The summed E-state index contributed by atoms with van der Waals surface area (Å²) in [7, 11) is 3.27. The van der Waals surface area contributed by atoms with Crippen LogP contribution < -0.4 is 11.2 Å². The number of pyridine rings is 1. The number of thioether (sulfide) groups is 1. The monoisotopic (exact) mass is 372 g/mol. The van der Waals surface area contributed by atoms with Crippen LogP contribution in [0.2, 0.25) is 0 Å². The normalized spacial score (nSPS) is 10.5. The lowest BCUT2D eigenvalue weighted by Gasteiger charge is -2.09. The van der Waals surface area contributed by atoms with E-state index in [1.54, 1.807) is 6.07 Å². The predicted octanol–water partition coefficient (Wildman–Crippen LogP) is 3.38. The molecule has 0 unspecified atom stereocenters. The molecule has 0 aliphatic rings. The second kappa shape index (κ2) is 9.90. The number of hydrazine groups is 1. The summed E-state index contributed by atoms with van der Waals surface area (Å²) in [5, 5.41) is 3.99. The molecule has 1 heterocycles. The molecule has 1 aromatic carbocycles. The Morgan fingerprint density at radius 2 is 1.88 bits per heavy atom. The summed E-state index contributed by atoms with van der Waals surface area (Å²) in [6.45, 7) is 0. The minimum atomic E-state index is -4.40. The zero-order valence-corrected chi connectivity index (χ0v) is 14.6. The number of nitrogens with one attached hydrogen (secondary N) is 1. The average molecular weight is 372 g/mol. The molecule has 0 saturated carbocycles. The van der Waals surface area contributed by atoms with E-state index in [0.29, 0.717) is 17.9 Å². The van der Waals surface area contributed by atoms with E-state index in [1.807, 2.05) is 31.3 Å². The van der Waals surface area contributed by atoms with Crippen molar-refractivity contribution in [1.82, 2.24) is 9.99 Å². The summed E-state index contributed by atoms with van der Waals surface area (Å²) >= 11 is 1.45. The van der Waals surface area contributed by atoms with E-state index in [0.717, 1.165) is 21.7 Å². The molecule has 9 heteroatoms. The maximum atomic E-state index is 12.6. The first-order valence-electron chi connectivity index (χ1n) is 7.13. The van der Waals surface area contributed by atoms with Gasteiger partial charge in [-0.2, -0.15) is 13.2 Å². The van der Waals surface area contributed by atoms with Crippen LogP contribution in [0.5, 0.6) is 0 Å². The minimum absolute atomic E-state index is 0.391. The molecular formula is C16H19F3N4OS. The number of nitrogens with two attached hydrogens (primary N) is 1. The van der Waals surface area contributed by atoms with Gasteiger partial charge < -0.3 is 5.32 Å².